The minimum absolute atomic E-state index is 0.114. The van der Waals surface area contributed by atoms with Crippen LogP contribution in [-0.4, -0.2) is 48.8 Å². The lowest BCUT2D eigenvalue weighted by Gasteiger charge is -2.29. The molecule has 0 aromatic heterocycles. The van der Waals surface area contributed by atoms with Gasteiger partial charge in [-0.05, 0) is 19.3 Å². The van der Waals surface area contributed by atoms with Gasteiger partial charge in [-0.2, -0.15) is 0 Å². The second kappa shape index (κ2) is 7.65. The van der Waals surface area contributed by atoms with Gasteiger partial charge in [0.05, 0.1) is 6.54 Å². The van der Waals surface area contributed by atoms with Crippen molar-refractivity contribution in [3.05, 3.63) is 0 Å². The van der Waals surface area contributed by atoms with E-state index in [0.29, 0.717) is 18.6 Å². The number of hydrogen-bond acceptors (Lipinski definition) is 3. The molecule has 4 heteroatoms. The third-order valence-corrected chi connectivity index (χ3v) is 2.55. The molecule has 0 aliphatic rings. The van der Waals surface area contributed by atoms with E-state index in [-0.39, 0.29) is 6.54 Å². The molecule has 1 N–H and O–H groups in total. The van der Waals surface area contributed by atoms with Crippen LogP contribution >= 0.6 is 0 Å². The van der Waals surface area contributed by atoms with Gasteiger partial charge in [-0.3, -0.25) is 9.69 Å². The van der Waals surface area contributed by atoms with Crippen LogP contribution in [0.3, 0.4) is 0 Å². The largest absolute Gasteiger partial charge is 0.480 e. The van der Waals surface area contributed by atoms with E-state index < -0.39 is 5.97 Å². The summed E-state index contributed by atoms with van der Waals surface area (Å²) in [6.07, 6.45) is 0.965. The van der Waals surface area contributed by atoms with E-state index in [1.165, 1.54) is 0 Å². The van der Waals surface area contributed by atoms with Crippen molar-refractivity contribution in [1.82, 2.24) is 4.90 Å². The zero-order chi connectivity index (χ0) is 11.8. The maximum Gasteiger partial charge on any atom is 0.317 e. The molecule has 0 radical (unpaired) electrons. The Labute approximate surface area is 92.2 Å². The predicted molar refractivity (Wildman–Crippen MR) is 60.0 cm³/mol. The Bertz CT molecular complexity index is 185. The minimum Gasteiger partial charge on any atom is -0.480 e. The highest BCUT2D eigenvalue weighted by Crippen LogP contribution is 2.07. The fourth-order valence-corrected chi connectivity index (χ4v) is 1.57. The van der Waals surface area contributed by atoms with Gasteiger partial charge >= 0.3 is 5.97 Å². The van der Waals surface area contributed by atoms with Crippen molar-refractivity contribution >= 4 is 5.97 Å². The van der Waals surface area contributed by atoms with E-state index in [4.69, 9.17) is 9.84 Å². The molecule has 0 saturated carbocycles. The van der Waals surface area contributed by atoms with E-state index in [0.717, 1.165) is 13.0 Å². The van der Waals surface area contributed by atoms with E-state index in [1.807, 2.05) is 4.90 Å². The Balaban J connectivity index is 4.17. The molecule has 15 heavy (non-hydrogen) atoms. The first-order valence-corrected chi connectivity index (χ1v) is 5.46. The average molecular weight is 217 g/mol. The zero-order valence-electron chi connectivity index (χ0n) is 10.2. The summed E-state index contributed by atoms with van der Waals surface area (Å²) in [5.74, 6) is -0.400. The summed E-state index contributed by atoms with van der Waals surface area (Å²) in [6, 6.07) is 0.306. The lowest BCUT2D eigenvalue weighted by Crippen LogP contribution is -2.40. The summed E-state index contributed by atoms with van der Waals surface area (Å²) < 4.78 is 5.05. The van der Waals surface area contributed by atoms with Crippen molar-refractivity contribution in [1.29, 1.82) is 0 Å². The van der Waals surface area contributed by atoms with Gasteiger partial charge in [0.1, 0.15) is 0 Å². The van der Waals surface area contributed by atoms with E-state index in [2.05, 4.69) is 20.8 Å². The Hall–Kier alpha value is -0.610. The minimum atomic E-state index is -0.764. The van der Waals surface area contributed by atoms with E-state index in [1.54, 1.807) is 7.11 Å². The highest BCUT2D eigenvalue weighted by atomic mass is 16.5. The predicted octanol–water partition coefficient (Wildman–Crippen LogP) is 1.45. The van der Waals surface area contributed by atoms with Gasteiger partial charge in [0.25, 0.3) is 0 Å². The van der Waals surface area contributed by atoms with Crippen molar-refractivity contribution < 1.29 is 14.6 Å². The normalized spacial score (nSPS) is 15.3. The van der Waals surface area contributed by atoms with Crippen molar-refractivity contribution in [3.8, 4) is 0 Å². The van der Waals surface area contributed by atoms with Crippen LogP contribution in [0.5, 0.6) is 0 Å². The van der Waals surface area contributed by atoms with Crippen LogP contribution in [0.2, 0.25) is 0 Å². The summed E-state index contributed by atoms with van der Waals surface area (Å²) in [5.41, 5.74) is 0. The molecular formula is C11H23NO3. The molecule has 0 heterocycles. The van der Waals surface area contributed by atoms with Crippen LogP contribution in [0.1, 0.15) is 27.2 Å². The second-order valence-electron chi connectivity index (χ2n) is 4.14. The molecule has 90 valence electrons. The maximum atomic E-state index is 10.7. The van der Waals surface area contributed by atoms with Gasteiger partial charge < -0.3 is 9.84 Å². The smallest absolute Gasteiger partial charge is 0.317 e. The monoisotopic (exact) mass is 217 g/mol. The first-order chi connectivity index (χ1) is 7.01. The number of carboxylic acid groups (broad SMARTS) is 1. The number of carbonyl (C=O) groups is 1. The molecule has 0 aromatic rings. The van der Waals surface area contributed by atoms with Gasteiger partial charge in [-0.25, -0.2) is 0 Å². The van der Waals surface area contributed by atoms with Crippen molar-refractivity contribution in [2.24, 2.45) is 5.92 Å². The lowest BCUT2D eigenvalue weighted by molar-refractivity contribution is -0.139. The molecule has 0 amide bonds. The molecule has 4 nitrogen and oxygen atoms in total. The number of carboxylic acids is 1. The van der Waals surface area contributed by atoms with Crippen LogP contribution in [0.15, 0.2) is 0 Å². The Morgan fingerprint density at radius 1 is 1.47 bits per heavy atom. The van der Waals surface area contributed by atoms with Crippen LogP contribution in [0, 0.1) is 5.92 Å². The first kappa shape index (κ1) is 14.4. The lowest BCUT2D eigenvalue weighted by atomic mass is 10.1. The van der Waals surface area contributed by atoms with Crippen LogP contribution in [-0.2, 0) is 9.53 Å². The molecule has 2 unspecified atom stereocenters. The number of ether oxygens (including phenoxy) is 1. The van der Waals surface area contributed by atoms with Crippen LogP contribution in [0.4, 0.5) is 0 Å². The highest BCUT2D eigenvalue weighted by molar-refractivity contribution is 5.69. The van der Waals surface area contributed by atoms with Gasteiger partial charge in [0, 0.05) is 26.3 Å². The fraction of sp³-hybridized carbons (Fsp3) is 0.909. The Morgan fingerprint density at radius 2 is 2.07 bits per heavy atom. The SMILES string of the molecule is CCC(C)N(CC(=O)O)CC(C)COC. The quantitative estimate of drug-likeness (QED) is 0.668. The molecule has 0 aliphatic heterocycles. The second-order valence-corrected chi connectivity index (χ2v) is 4.14. The van der Waals surface area contributed by atoms with Crippen molar-refractivity contribution in [3.63, 3.8) is 0 Å². The van der Waals surface area contributed by atoms with Crippen molar-refractivity contribution in [2.45, 2.75) is 33.2 Å². The Kier molecular flexibility index (Phi) is 7.34. The summed E-state index contributed by atoms with van der Waals surface area (Å²) in [6.45, 7) is 7.76. The fourth-order valence-electron chi connectivity index (χ4n) is 1.57. The molecular weight excluding hydrogens is 194 g/mol. The van der Waals surface area contributed by atoms with Gasteiger partial charge in [-0.15, -0.1) is 0 Å². The number of nitrogens with zero attached hydrogens (tertiary/aromatic N) is 1. The summed E-state index contributed by atoms with van der Waals surface area (Å²) in [5, 5.41) is 8.80. The maximum absolute atomic E-state index is 10.7. The zero-order valence-corrected chi connectivity index (χ0v) is 10.2. The topological polar surface area (TPSA) is 49.8 Å². The van der Waals surface area contributed by atoms with Crippen molar-refractivity contribution in [2.75, 3.05) is 26.8 Å². The molecule has 0 aliphatic carbocycles. The third-order valence-electron chi connectivity index (χ3n) is 2.55. The van der Waals surface area contributed by atoms with Crippen LogP contribution in [0.25, 0.3) is 0 Å². The van der Waals surface area contributed by atoms with Gasteiger partial charge in [0.2, 0.25) is 0 Å². The number of hydrogen-bond donors (Lipinski definition) is 1. The molecule has 0 spiro atoms. The summed E-state index contributed by atoms with van der Waals surface area (Å²) in [4.78, 5) is 12.7. The highest BCUT2D eigenvalue weighted by Gasteiger charge is 2.17. The molecule has 2 atom stereocenters. The number of methoxy groups -OCH3 is 1. The van der Waals surface area contributed by atoms with Gasteiger partial charge in [0.15, 0.2) is 0 Å². The summed E-state index contributed by atoms with van der Waals surface area (Å²) >= 11 is 0. The van der Waals surface area contributed by atoms with E-state index >= 15 is 0 Å². The number of aliphatic carboxylic acids is 1. The first-order valence-electron chi connectivity index (χ1n) is 5.46. The summed E-state index contributed by atoms with van der Waals surface area (Å²) in [7, 11) is 1.67. The molecule has 0 bridgehead atoms. The van der Waals surface area contributed by atoms with E-state index in [9.17, 15) is 4.79 Å². The van der Waals surface area contributed by atoms with Crippen LogP contribution < -0.4 is 0 Å². The average Bonchev–Trinajstić information content (AvgIpc) is 2.15. The molecule has 0 fully saturated rings. The molecule has 0 aromatic carbocycles. The molecule has 0 saturated heterocycles. The number of rotatable bonds is 8. The third kappa shape index (κ3) is 6.47. The Morgan fingerprint density at radius 3 is 2.47 bits per heavy atom. The van der Waals surface area contributed by atoms with Gasteiger partial charge in [-0.1, -0.05) is 13.8 Å². The standard InChI is InChI=1S/C11H23NO3/c1-5-10(3)12(7-11(13)14)6-9(2)8-15-4/h9-10H,5-8H2,1-4H3,(H,13,14). The molecule has 0 rings (SSSR count).